The van der Waals surface area contributed by atoms with Crippen molar-refractivity contribution in [1.29, 1.82) is 0 Å². The molecular weight excluding hydrogens is 260 g/mol. The van der Waals surface area contributed by atoms with E-state index in [-0.39, 0.29) is 11.3 Å². The van der Waals surface area contributed by atoms with Crippen LogP contribution in [0, 0.1) is 0 Å². The van der Waals surface area contributed by atoms with E-state index in [0.29, 0.717) is 11.5 Å². The highest BCUT2D eigenvalue weighted by Gasteiger charge is 2.20. The molecule has 0 radical (unpaired) electrons. The molecule has 0 saturated heterocycles. The highest BCUT2D eigenvalue weighted by Crippen LogP contribution is 2.33. The highest BCUT2D eigenvalue weighted by molar-refractivity contribution is 6.28. The van der Waals surface area contributed by atoms with E-state index in [9.17, 15) is 0 Å². The van der Waals surface area contributed by atoms with Crippen LogP contribution in [0.15, 0.2) is 30.5 Å². The second-order valence-electron chi connectivity index (χ2n) is 4.73. The van der Waals surface area contributed by atoms with Crippen LogP contribution in [0.4, 0.5) is 11.5 Å². The van der Waals surface area contributed by atoms with Gasteiger partial charge in [0, 0.05) is 0 Å². The lowest BCUT2D eigenvalue weighted by Gasteiger charge is -2.27. The van der Waals surface area contributed by atoms with Gasteiger partial charge in [-0.3, -0.25) is 0 Å². The maximum Gasteiger partial charge on any atom is 0.224 e. The summed E-state index contributed by atoms with van der Waals surface area (Å²) < 4.78 is 0. The molecule has 0 amide bonds. The number of rotatable bonds is 2. The fraction of sp³-hybridized carbons (Fsp3) is 0.286. The van der Waals surface area contributed by atoms with Gasteiger partial charge in [0.2, 0.25) is 5.28 Å². The molecule has 19 heavy (non-hydrogen) atoms. The molecule has 0 aliphatic heterocycles. The van der Waals surface area contributed by atoms with Crippen LogP contribution < -0.4 is 11.1 Å². The standard InChI is InChI=1S/C14H15ClN4/c15-14-17-8-11(16)13(19-14)18-12-7-3-5-9-4-1-2-6-10(9)12/h1-2,4,6,8,12H,3,5,7,16H2,(H,17,18,19). The molecule has 1 aromatic heterocycles. The molecule has 1 heterocycles. The maximum atomic E-state index is 5.88. The first-order chi connectivity index (χ1) is 9.24. The molecule has 4 nitrogen and oxygen atoms in total. The van der Waals surface area contributed by atoms with Crippen molar-refractivity contribution in [3.05, 3.63) is 46.9 Å². The summed E-state index contributed by atoms with van der Waals surface area (Å²) in [4.78, 5) is 8.02. The fourth-order valence-electron chi connectivity index (χ4n) is 2.55. The van der Waals surface area contributed by atoms with Gasteiger partial charge in [0.25, 0.3) is 0 Å². The summed E-state index contributed by atoms with van der Waals surface area (Å²) in [5.74, 6) is 0.613. The number of hydrogen-bond donors (Lipinski definition) is 2. The lowest BCUT2D eigenvalue weighted by Crippen LogP contribution is -2.18. The number of nitrogens with zero attached hydrogens (tertiary/aromatic N) is 2. The SMILES string of the molecule is Nc1cnc(Cl)nc1NC1CCCc2ccccc21. The van der Waals surface area contributed by atoms with Crippen LogP contribution in [0.1, 0.15) is 30.0 Å². The smallest absolute Gasteiger partial charge is 0.224 e. The Hall–Kier alpha value is -1.81. The summed E-state index contributed by atoms with van der Waals surface area (Å²) in [7, 11) is 0. The van der Waals surface area contributed by atoms with E-state index in [4.69, 9.17) is 17.3 Å². The minimum absolute atomic E-state index is 0.209. The van der Waals surface area contributed by atoms with Gasteiger partial charge in [-0.1, -0.05) is 24.3 Å². The summed E-state index contributed by atoms with van der Waals surface area (Å²) in [6.45, 7) is 0. The highest BCUT2D eigenvalue weighted by atomic mass is 35.5. The molecule has 1 atom stereocenters. The molecule has 0 saturated carbocycles. The van der Waals surface area contributed by atoms with Gasteiger partial charge < -0.3 is 11.1 Å². The number of hydrogen-bond acceptors (Lipinski definition) is 4. The number of aryl methyl sites for hydroxylation is 1. The van der Waals surface area contributed by atoms with E-state index < -0.39 is 0 Å². The average molecular weight is 275 g/mol. The normalized spacial score (nSPS) is 17.8. The van der Waals surface area contributed by atoms with Crippen LogP contribution in [0.3, 0.4) is 0 Å². The Kier molecular flexibility index (Phi) is 3.25. The summed E-state index contributed by atoms with van der Waals surface area (Å²) >= 11 is 5.82. The average Bonchev–Trinajstić information content (AvgIpc) is 2.43. The van der Waals surface area contributed by atoms with Gasteiger partial charge in [-0.2, -0.15) is 4.98 Å². The minimum atomic E-state index is 0.209. The third-order valence-corrected chi connectivity index (χ3v) is 3.65. The first-order valence-corrected chi connectivity index (χ1v) is 6.74. The maximum absolute atomic E-state index is 5.88. The number of anilines is 2. The van der Waals surface area contributed by atoms with E-state index in [1.807, 2.05) is 0 Å². The largest absolute Gasteiger partial charge is 0.394 e. The van der Waals surface area contributed by atoms with Gasteiger partial charge >= 0.3 is 0 Å². The second kappa shape index (κ2) is 5.05. The Morgan fingerprint density at radius 3 is 3.05 bits per heavy atom. The van der Waals surface area contributed by atoms with Crippen LogP contribution in [-0.2, 0) is 6.42 Å². The van der Waals surface area contributed by atoms with Crippen molar-refractivity contribution in [1.82, 2.24) is 9.97 Å². The Balaban J connectivity index is 1.90. The van der Waals surface area contributed by atoms with E-state index in [2.05, 4.69) is 39.6 Å². The lowest BCUT2D eigenvalue weighted by molar-refractivity contribution is 0.599. The molecule has 0 fully saturated rings. The molecular formula is C14H15ClN4. The predicted molar refractivity (Wildman–Crippen MR) is 77.2 cm³/mol. The number of nitrogen functional groups attached to an aromatic ring is 1. The third-order valence-electron chi connectivity index (χ3n) is 3.47. The Morgan fingerprint density at radius 1 is 1.32 bits per heavy atom. The number of fused-ring (bicyclic) bond motifs is 1. The summed E-state index contributed by atoms with van der Waals surface area (Å²) in [6.07, 6.45) is 4.90. The van der Waals surface area contributed by atoms with Crippen LogP contribution >= 0.6 is 11.6 Å². The quantitative estimate of drug-likeness (QED) is 0.826. The molecule has 3 rings (SSSR count). The molecule has 1 aliphatic rings. The molecule has 1 aromatic carbocycles. The number of nitrogens with two attached hydrogens (primary N) is 1. The molecule has 0 spiro atoms. The lowest BCUT2D eigenvalue weighted by atomic mass is 9.88. The summed E-state index contributed by atoms with van der Waals surface area (Å²) in [6, 6.07) is 8.72. The molecule has 1 aliphatic carbocycles. The van der Waals surface area contributed by atoms with Crippen LogP contribution in [0.5, 0.6) is 0 Å². The van der Waals surface area contributed by atoms with Gasteiger partial charge in [-0.15, -0.1) is 0 Å². The second-order valence-corrected chi connectivity index (χ2v) is 5.07. The van der Waals surface area contributed by atoms with Crippen molar-refractivity contribution in [2.75, 3.05) is 11.1 Å². The topological polar surface area (TPSA) is 63.8 Å². The van der Waals surface area contributed by atoms with Crippen LogP contribution in [0.2, 0.25) is 5.28 Å². The molecule has 98 valence electrons. The molecule has 3 N–H and O–H groups in total. The van der Waals surface area contributed by atoms with Crippen molar-refractivity contribution < 1.29 is 0 Å². The van der Waals surface area contributed by atoms with Gasteiger partial charge in [0.15, 0.2) is 5.82 Å². The van der Waals surface area contributed by atoms with Gasteiger partial charge in [0.05, 0.1) is 17.9 Å². The van der Waals surface area contributed by atoms with E-state index >= 15 is 0 Å². The monoisotopic (exact) mass is 274 g/mol. The zero-order chi connectivity index (χ0) is 13.2. The van der Waals surface area contributed by atoms with Crippen molar-refractivity contribution in [2.24, 2.45) is 0 Å². The van der Waals surface area contributed by atoms with Crippen molar-refractivity contribution in [3.8, 4) is 0 Å². The number of aromatic nitrogens is 2. The predicted octanol–water partition coefficient (Wildman–Crippen LogP) is 3.20. The van der Waals surface area contributed by atoms with Crippen molar-refractivity contribution in [3.63, 3.8) is 0 Å². The van der Waals surface area contributed by atoms with Gasteiger partial charge in [0.1, 0.15) is 0 Å². The van der Waals surface area contributed by atoms with E-state index in [0.717, 1.165) is 19.3 Å². The van der Waals surface area contributed by atoms with Gasteiger partial charge in [-0.25, -0.2) is 4.98 Å². The Labute approximate surface area is 117 Å². The molecule has 5 heteroatoms. The van der Waals surface area contributed by atoms with Gasteiger partial charge in [-0.05, 0) is 42.0 Å². The van der Waals surface area contributed by atoms with Crippen LogP contribution in [-0.4, -0.2) is 9.97 Å². The Morgan fingerprint density at radius 2 is 2.16 bits per heavy atom. The van der Waals surface area contributed by atoms with E-state index in [1.165, 1.54) is 17.3 Å². The summed E-state index contributed by atoms with van der Waals surface area (Å²) in [5, 5.41) is 3.59. The van der Waals surface area contributed by atoms with E-state index in [1.54, 1.807) is 0 Å². The molecule has 1 unspecified atom stereocenters. The van der Waals surface area contributed by atoms with Crippen LogP contribution in [0.25, 0.3) is 0 Å². The molecule has 2 aromatic rings. The summed E-state index contributed by atoms with van der Waals surface area (Å²) in [5.41, 5.74) is 9.12. The third kappa shape index (κ3) is 2.49. The fourth-order valence-corrected chi connectivity index (χ4v) is 2.69. The number of nitrogens with one attached hydrogen (secondary N) is 1. The first-order valence-electron chi connectivity index (χ1n) is 6.36. The zero-order valence-corrected chi connectivity index (χ0v) is 11.2. The minimum Gasteiger partial charge on any atom is -0.394 e. The van der Waals surface area contributed by atoms with Crippen molar-refractivity contribution in [2.45, 2.75) is 25.3 Å². The number of halogens is 1. The first kappa shape index (κ1) is 12.2. The Bertz CT molecular complexity index is 600. The number of benzene rings is 1. The van der Waals surface area contributed by atoms with Crippen molar-refractivity contribution >= 4 is 23.1 Å². The molecule has 0 bridgehead atoms. The zero-order valence-electron chi connectivity index (χ0n) is 10.4.